The fraction of sp³-hybridized carbons (Fsp3) is 0.600. The van der Waals surface area contributed by atoms with E-state index < -0.39 is 14.4 Å². The van der Waals surface area contributed by atoms with Gasteiger partial charge in [-0.15, -0.1) is 0 Å². The standard InChI is InChI=1S/C20H27NO4SSi/c1-12(2)27(13(3)4)18-16-15(25-27)10-11-21(16)19(22)17(18)24-20(26)23-14-8-6-5-7-9-14/h5-9,12-13,15-18H,10-11H2,1-4H3/t15-,16+,17-,18-/m1/s1. The highest BCUT2D eigenvalue weighted by Crippen LogP contribution is 2.59. The summed E-state index contributed by atoms with van der Waals surface area (Å²) in [7, 11) is -2.24. The number of amides is 1. The number of ether oxygens (including phenoxy) is 2. The molecule has 0 bridgehead atoms. The van der Waals surface area contributed by atoms with Gasteiger partial charge in [0.2, 0.25) is 8.32 Å². The Hall–Kier alpha value is -1.44. The van der Waals surface area contributed by atoms with Crippen molar-refractivity contribution in [3.05, 3.63) is 30.3 Å². The minimum atomic E-state index is -2.24. The van der Waals surface area contributed by atoms with Crippen molar-refractivity contribution in [2.45, 2.75) is 69.0 Å². The van der Waals surface area contributed by atoms with Crippen LogP contribution >= 0.6 is 12.2 Å². The van der Waals surface area contributed by atoms with Crippen LogP contribution in [0, 0.1) is 0 Å². The van der Waals surface area contributed by atoms with Crippen LogP contribution in [0.1, 0.15) is 34.1 Å². The van der Waals surface area contributed by atoms with E-state index in [0.717, 1.165) is 13.0 Å². The van der Waals surface area contributed by atoms with Gasteiger partial charge in [0.15, 0.2) is 6.10 Å². The van der Waals surface area contributed by atoms with E-state index in [4.69, 9.17) is 26.1 Å². The molecule has 1 aromatic carbocycles. The maximum absolute atomic E-state index is 13.2. The second-order valence-corrected chi connectivity index (χ2v) is 13.6. The number of hydrogen-bond acceptors (Lipinski definition) is 5. The molecule has 0 saturated carbocycles. The summed E-state index contributed by atoms with van der Waals surface area (Å²) in [6.07, 6.45) is 0.485. The van der Waals surface area contributed by atoms with Crippen molar-refractivity contribution in [1.82, 2.24) is 4.90 Å². The van der Waals surface area contributed by atoms with E-state index in [1.54, 1.807) is 0 Å². The topological polar surface area (TPSA) is 48.0 Å². The Labute approximate surface area is 167 Å². The molecule has 0 N–H and O–H groups in total. The third kappa shape index (κ3) is 2.82. The van der Waals surface area contributed by atoms with Gasteiger partial charge in [0.1, 0.15) is 5.75 Å². The molecule has 0 radical (unpaired) electrons. The molecule has 0 aliphatic carbocycles. The van der Waals surface area contributed by atoms with Crippen LogP contribution < -0.4 is 4.74 Å². The molecular formula is C20H27NO4SSi. The monoisotopic (exact) mass is 405 g/mol. The van der Waals surface area contributed by atoms with Crippen molar-refractivity contribution in [3.8, 4) is 5.75 Å². The molecule has 146 valence electrons. The zero-order chi connectivity index (χ0) is 19.3. The van der Waals surface area contributed by atoms with E-state index in [9.17, 15) is 4.79 Å². The predicted octanol–water partition coefficient (Wildman–Crippen LogP) is 3.88. The molecule has 3 saturated heterocycles. The summed E-state index contributed by atoms with van der Waals surface area (Å²) in [6.45, 7) is 9.68. The van der Waals surface area contributed by atoms with Crippen LogP contribution in [0.4, 0.5) is 0 Å². The van der Waals surface area contributed by atoms with E-state index in [0.29, 0.717) is 16.8 Å². The second-order valence-electron chi connectivity index (χ2n) is 8.36. The predicted molar refractivity (Wildman–Crippen MR) is 109 cm³/mol. The number of carbonyl (C=O) groups is 1. The molecule has 0 aromatic heterocycles. The lowest BCUT2D eigenvalue weighted by Crippen LogP contribution is -2.50. The number of benzene rings is 1. The first-order valence-corrected chi connectivity index (χ1v) is 12.3. The molecule has 27 heavy (non-hydrogen) atoms. The largest absolute Gasteiger partial charge is 0.443 e. The van der Waals surface area contributed by atoms with E-state index in [-0.39, 0.29) is 28.8 Å². The maximum atomic E-state index is 13.2. The van der Waals surface area contributed by atoms with Crippen molar-refractivity contribution in [2.24, 2.45) is 0 Å². The van der Waals surface area contributed by atoms with Crippen molar-refractivity contribution in [2.75, 3.05) is 6.54 Å². The summed E-state index contributed by atoms with van der Waals surface area (Å²) in [5.74, 6) is 0.665. The van der Waals surface area contributed by atoms with Gasteiger partial charge in [0, 0.05) is 24.3 Å². The smallest absolute Gasteiger partial charge is 0.358 e. The molecule has 3 aliphatic rings. The van der Waals surface area contributed by atoms with Gasteiger partial charge in [-0.05, 0) is 29.6 Å². The molecule has 3 aliphatic heterocycles. The molecule has 1 amide bonds. The summed E-state index contributed by atoms with van der Waals surface area (Å²) in [5, 5.41) is 0.0135. The Kier molecular flexibility index (Phi) is 4.80. The van der Waals surface area contributed by atoms with Crippen LogP contribution in [0.25, 0.3) is 0 Å². The Morgan fingerprint density at radius 1 is 1.22 bits per heavy atom. The lowest BCUT2D eigenvalue weighted by Gasteiger charge is -2.40. The molecule has 3 heterocycles. The highest BCUT2D eigenvalue weighted by Gasteiger charge is 2.71. The first kappa shape index (κ1) is 18.9. The number of hydrogen-bond donors (Lipinski definition) is 0. The zero-order valence-electron chi connectivity index (χ0n) is 16.3. The number of nitrogens with zero attached hydrogens (tertiary/aromatic N) is 1. The average Bonchev–Trinajstić information content (AvgIpc) is 3.24. The highest BCUT2D eigenvalue weighted by atomic mass is 32.1. The Bertz CT molecular complexity index is 733. The van der Waals surface area contributed by atoms with Gasteiger partial charge in [-0.3, -0.25) is 4.79 Å². The van der Waals surface area contributed by atoms with E-state index >= 15 is 0 Å². The Morgan fingerprint density at radius 3 is 2.52 bits per heavy atom. The first-order valence-electron chi connectivity index (χ1n) is 9.78. The van der Waals surface area contributed by atoms with Gasteiger partial charge >= 0.3 is 5.24 Å². The molecule has 5 nitrogen and oxygen atoms in total. The summed E-state index contributed by atoms with van der Waals surface area (Å²) >= 11 is 5.34. The highest BCUT2D eigenvalue weighted by molar-refractivity contribution is 7.79. The summed E-state index contributed by atoms with van der Waals surface area (Å²) in [4.78, 5) is 15.1. The number of thiocarbonyl (C=S) groups is 1. The van der Waals surface area contributed by atoms with E-state index in [2.05, 4.69) is 27.7 Å². The third-order valence-corrected chi connectivity index (χ3v) is 12.7. The fourth-order valence-corrected chi connectivity index (χ4v) is 11.7. The van der Waals surface area contributed by atoms with Crippen LogP contribution in [0.15, 0.2) is 30.3 Å². The first-order chi connectivity index (χ1) is 12.9. The minimum absolute atomic E-state index is 0.0135. The van der Waals surface area contributed by atoms with Crippen LogP contribution in [0.3, 0.4) is 0 Å². The quantitative estimate of drug-likeness (QED) is 0.562. The van der Waals surface area contributed by atoms with Crippen LogP contribution in [-0.4, -0.2) is 49.2 Å². The van der Waals surface area contributed by atoms with E-state index in [1.165, 1.54) is 0 Å². The van der Waals surface area contributed by atoms with Crippen molar-refractivity contribution in [1.29, 1.82) is 0 Å². The van der Waals surface area contributed by atoms with Gasteiger partial charge in [0.05, 0.1) is 12.1 Å². The van der Waals surface area contributed by atoms with Gasteiger partial charge in [-0.25, -0.2) is 0 Å². The maximum Gasteiger partial charge on any atom is 0.358 e. The minimum Gasteiger partial charge on any atom is -0.443 e. The Balaban J connectivity index is 1.62. The lowest BCUT2D eigenvalue weighted by molar-refractivity contribution is -0.134. The SMILES string of the molecule is CC(C)[Si]1(C(C)C)O[C@@H]2CCN3C(=O)[C@H](OC(=S)Oc4ccccc4)[C@H]1[C@H]23. The van der Waals surface area contributed by atoms with Crippen molar-refractivity contribution < 1.29 is 18.7 Å². The molecule has 7 heteroatoms. The number of para-hydroxylation sites is 1. The summed E-state index contributed by atoms with van der Waals surface area (Å²) in [5.41, 5.74) is 0.890. The van der Waals surface area contributed by atoms with Crippen LogP contribution in [-0.2, 0) is 14.0 Å². The molecule has 4 atom stereocenters. The fourth-order valence-electron chi connectivity index (χ4n) is 5.48. The average molecular weight is 406 g/mol. The number of carbonyl (C=O) groups excluding carboxylic acids is 1. The van der Waals surface area contributed by atoms with Crippen molar-refractivity contribution in [3.63, 3.8) is 0 Å². The molecule has 0 unspecified atom stereocenters. The van der Waals surface area contributed by atoms with Crippen LogP contribution in [0.5, 0.6) is 5.75 Å². The van der Waals surface area contributed by atoms with Gasteiger partial charge in [0.25, 0.3) is 5.91 Å². The molecule has 0 spiro atoms. The molecule has 1 aromatic rings. The Morgan fingerprint density at radius 2 is 1.89 bits per heavy atom. The van der Waals surface area contributed by atoms with Crippen LogP contribution in [0.2, 0.25) is 16.6 Å². The second kappa shape index (κ2) is 6.86. The molecular weight excluding hydrogens is 378 g/mol. The third-order valence-electron chi connectivity index (χ3n) is 6.46. The summed E-state index contributed by atoms with van der Waals surface area (Å²) in [6, 6.07) is 9.44. The van der Waals surface area contributed by atoms with Gasteiger partial charge in [-0.2, -0.15) is 0 Å². The molecule has 3 fully saturated rings. The molecule has 4 rings (SSSR count). The normalized spacial score (nSPS) is 30.9. The zero-order valence-corrected chi connectivity index (χ0v) is 18.1. The lowest BCUT2D eigenvalue weighted by atomic mass is 10.1. The van der Waals surface area contributed by atoms with E-state index in [1.807, 2.05) is 35.2 Å². The van der Waals surface area contributed by atoms with Gasteiger partial charge < -0.3 is 18.8 Å². The summed E-state index contributed by atoms with van der Waals surface area (Å²) < 4.78 is 18.5. The van der Waals surface area contributed by atoms with Gasteiger partial charge in [-0.1, -0.05) is 45.9 Å². The number of rotatable bonds is 4. The van der Waals surface area contributed by atoms with Crippen molar-refractivity contribution >= 4 is 31.7 Å².